The number of aryl methyl sites for hydroxylation is 1. The van der Waals surface area contributed by atoms with Crippen molar-refractivity contribution in [2.75, 3.05) is 0 Å². The quantitative estimate of drug-likeness (QED) is 0.151. The van der Waals surface area contributed by atoms with Crippen molar-refractivity contribution in [3.05, 3.63) is 97.3 Å². The van der Waals surface area contributed by atoms with Gasteiger partial charge in [0.2, 0.25) is 11.5 Å². The number of ketones is 1. The third-order valence-electron chi connectivity index (χ3n) is 5.11. The van der Waals surface area contributed by atoms with Gasteiger partial charge in [-0.2, -0.15) is 0 Å². The first-order valence-corrected chi connectivity index (χ1v) is 11.3. The summed E-state index contributed by atoms with van der Waals surface area (Å²) in [6.45, 7) is 1.74. The maximum absolute atomic E-state index is 12.9. The van der Waals surface area contributed by atoms with Crippen molar-refractivity contribution in [2.45, 2.75) is 6.92 Å². The summed E-state index contributed by atoms with van der Waals surface area (Å²) < 4.78 is 17.7. The minimum absolute atomic E-state index is 0.0622. The van der Waals surface area contributed by atoms with Crippen LogP contribution in [-0.4, -0.2) is 11.8 Å². The SMILES string of the molecule is Cc1cc(OC(=O)c2cc3cc(Br)ccc3o2)cc2c1C(=O)/C(=C/c1c(Cl)cccc1Cl)O2. The summed E-state index contributed by atoms with van der Waals surface area (Å²) in [5, 5.41) is 1.56. The monoisotopic (exact) mass is 542 g/mol. The van der Waals surface area contributed by atoms with Crippen molar-refractivity contribution >= 4 is 67.9 Å². The van der Waals surface area contributed by atoms with Gasteiger partial charge in [0.15, 0.2) is 5.76 Å². The van der Waals surface area contributed by atoms with Gasteiger partial charge in [-0.15, -0.1) is 0 Å². The second-order valence-electron chi connectivity index (χ2n) is 7.37. The van der Waals surface area contributed by atoms with Gasteiger partial charge in [0, 0.05) is 31.5 Å². The van der Waals surface area contributed by atoms with Crippen LogP contribution in [0.15, 0.2) is 69.2 Å². The first kappa shape index (κ1) is 21.8. The molecule has 1 aliphatic heterocycles. The van der Waals surface area contributed by atoms with Gasteiger partial charge < -0.3 is 13.9 Å². The number of hydrogen-bond acceptors (Lipinski definition) is 5. The van der Waals surface area contributed by atoms with E-state index in [1.807, 2.05) is 12.1 Å². The number of rotatable bonds is 3. The Hall–Kier alpha value is -3.06. The average molecular weight is 544 g/mol. The number of Topliss-reactive ketones (excluding diaryl/α,β-unsaturated/α-hetero) is 1. The molecular formula is C25H13BrCl2O5. The van der Waals surface area contributed by atoms with Gasteiger partial charge >= 0.3 is 5.97 Å². The standard InChI is InChI=1S/C25H13BrCl2O5/c1-12-7-15(31-25(30)22-9-13-8-14(26)5-6-19(13)32-22)10-20-23(12)24(29)21(33-20)11-16-17(27)3-2-4-18(16)28/h2-11H,1H3/b21-11-. The summed E-state index contributed by atoms with van der Waals surface area (Å²) in [7, 11) is 0. The van der Waals surface area contributed by atoms with Crippen molar-refractivity contribution in [2.24, 2.45) is 0 Å². The molecule has 4 aromatic rings. The Kier molecular flexibility index (Phi) is 5.52. The Morgan fingerprint density at radius 2 is 1.82 bits per heavy atom. The van der Waals surface area contributed by atoms with Crippen LogP contribution < -0.4 is 9.47 Å². The van der Waals surface area contributed by atoms with E-state index in [0.29, 0.717) is 32.3 Å². The molecule has 0 spiro atoms. The Labute approximate surface area is 206 Å². The smallest absolute Gasteiger partial charge is 0.379 e. The third-order valence-corrected chi connectivity index (χ3v) is 6.26. The van der Waals surface area contributed by atoms with E-state index in [0.717, 1.165) is 9.86 Å². The predicted octanol–water partition coefficient (Wildman–Crippen LogP) is 7.65. The third kappa shape index (κ3) is 4.06. The Balaban J connectivity index is 1.43. The van der Waals surface area contributed by atoms with Crippen LogP contribution in [-0.2, 0) is 0 Å². The topological polar surface area (TPSA) is 65.7 Å². The highest BCUT2D eigenvalue weighted by molar-refractivity contribution is 9.10. The largest absolute Gasteiger partial charge is 0.452 e. The summed E-state index contributed by atoms with van der Waals surface area (Å²) in [4.78, 5) is 25.6. The molecule has 0 saturated heterocycles. The molecule has 0 saturated carbocycles. The normalized spacial score (nSPS) is 13.9. The van der Waals surface area contributed by atoms with Gasteiger partial charge in [-0.3, -0.25) is 4.79 Å². The van der Waals surface area contributed by atoms with E-state index in [2.05, 4.69) is 15.9 Å². The molecule has 1 aliphatic rings. The summed E-state index contributed by atoms with van der Waals surface area (Å²) in [5.74, 6) is -0.320. The molecule has 0 aliphatic carbocycles. The maximum Gasteiger partial charge on any atom is 0.379 e. The van der Waals surface area contributed by atoms with E-state index in [1.54, 1.807) is 43.3 Å². The van der Waals surface area contributed by atoms with Crippen molar-refractivity contribution in [3.63, 3.8) is 0 Å². The molecule has 0 amide bonds. The van der Waals surface area contributed by atoms with E-state index in [1.165, 1.54) is 12.1 Å². The number of allylic oxidation sites excluding steroid dienone is 1. The summed E-state index contributed by atoms with van der Waals surface area (Å²) in [5.41, 5.74) is 2.04. The number of fused-ring (bicyclic) bond motifs is 2. The fraction of sp³-hybridized carbons (Fsp3) is 0.0400. The van der Waals surface area contributed by atoms with E-state index in [9.17, 15) is 9.59 Å². The van der Waals surface area contributed by atoms with Gasteiger partial charge in [-0.1, -0.05) is 45.2 Å². The van der Waals surface area contributed by atoms with Crippen LogP contribution in [0.25, 0.3) is 17.0 Å². The van der Waals surface area contributed by atoms with Crippen molar-refractivity contribution in [1.29, 1.82) is 0 Å². The molecule has 5 rings (SSSR count). The maximum atomic E-state index is 12.9. The molecule has 5 nitrogen and oxygen atoms in total. The highest BCUT2D eigenvalue weighted by Crippen LogP contribution is 2.39. The van der Waals surface area contributed by atoms with Crippen molar-refractivity contribution < 1.29 is 23.5 Å². The molecule has 0 N–H and O–H groups in total. The lowest BCUT2D eigenvalue weighted by molar-refractivity contribution is 0.0703. The molecule has 1 aromatic heterocycles. The predicted molar refractivity (Wildman–Crippen MR) is 129 cm³/mol. The van der Waals surface area contributed by atoms with Crippen LogP contribution >= 0.6 is 39.1 Å². The molecular weight excluding hydrogens is 531 g/mol. The van der Waals surface area contributed by atoms with E-state index in [-0.39, 0.29) is 28.8 Å². The Morgan fingerprint density at radius 1 is 1.06 bits per heavy atom. The highest BCUT2D eigenvalue weighted by Gasteiger charge is 2.31. The van der Waals surface area contributed by atoms with Gasteiger partial charge in [0.25, 0.3) is 0 Å². The second kappa shape index (κ2) is 8.37. The molecule has 3 aromatic carbocycles. The first-order valence-electron chi connectivity index (χ1n) is 9.74. The summed E-state index contributed by atoms with van der Waals surface area (Å²) >= 11 is 15.8. The molecule has 164 valence electrons. The number of esters is 1. The Morgan fingerprint density at radius 3 is 2.58 bits per heavy atom. The average Bonchev–Trinajstić information content (AvgIpc) is 3.31. The van der Waals surface area contributed by atoms with Crippen molar-refractivity contribution in [3.8, 4) is 11.5 Å². The molecule has 0 unspecified atom stereocenters. The Bertz CT molecular complexity index is 1480. The number of furan rings is 1. The number of benzene rings is 3. The number of ether oxygens (including phenoxy) is 2. The van der Waals surface area contributed by atoms with E-state index >= 15 is 0 Å². The molecule has 2 heterocycles. The highest BCUT2D eigenvalue weighted by atomic mass is 79.9. The van der Waals surface area contributed by atoms with Crippen LogP contribution in [0, 0.1) is 6.92 Å². The number of hydrogen-bond donors (Lipinski definition) is 0. The second-order valence-corrected chi connectivity index (χ2v) is 9.10. The molecule has 8 heteroatoms. The molecule has 0 fully saturated rings. The first-order chi connectivity index (χ1) is 15.8. The molecule has 0 bridgehead atoms. The molecule has 0 radical (unpaired) electrons. The fourth-order valence-corrected chi connectivity index (χ4v) is 4.47. The number of carbonyl (C=O) groups is 2. The van der Waals surface area contributed by atoms with E-state index in [4.69, 9.17) is 37.1 Å². The zero-order valence-corrected chi connectivity index (χ0v) is 20.0. The van der Waals surface area contributed by atoms with Crippen LogP contribution in [0.2, 0.25) is 10.0 Å². The van der Waals surface area contributed by atoms with Gasteiger partial charge in [0.05, 0.1) is 5.56 Å². The zero-order chi connectivity index (χ0) is 23.3. The molecule has 0 atom stereocenters. The lowest BCUT2D eigenvalue weighted by atomic mass is 10.0. The van der Waals surface area contributed by atoms with E-state index < -0.39 is 5.97 Å². The van der Waals surface area contributed by atoms with Crippen LogP contribution in [0.4, 0.5) is 0 Å². The van der Waals surface area contributed by atoms with Gasteiger partial charge in [0.1, 0.15) is 17.1 Å². The lowest BCUT2D eigenvalue weighted by Gasteiger charge is -2.06. The van der Waals surface area contributed by atoms with Crippen LogP contribution in [0.5, 0.6) is 11.5 Å². The minimum atomic E-state index is -0.662. The summed E-state index contributed by atoms with van der Waals surface area (Å²) in [6.07, 6.45) is 1.50. The van der Waals surface area contributed by atoms with Crippen LogP contribution in [0.3, 0.4) is 0 Å². The fourth-order valence-electron chi connectivity index (χ4n) is 3.59. The lowest BCUT2D eigenvalue weighted by Crippen LogP contribution is -2.07. The zero-order valence-electron chi connectivity index (χ0n) is 16.9. The minimum Gasteiger partial charge on any atom is -0.452 e. The van der Waals surface area contributed by atoms with Crippen molar-refractivity contribution in [1.82, 2.24) is 0 Å². The number of carbonyl (C=O) groups excluding carboxylic acids is 2. The van der Waals surface area contributed by atoms with Crippen LogP contribution in [0.1, 0.15) is 32.0 Å². The van der Waals surface area contributed by atoms with Gasteiger partial charge in [-0.05, 0) is 61.0 Å². The summed E-state index contributed by atoms with van der Waals surface area (Å²) in [6, 6.07) is 15.2. The molecule has 33 heavy (non-hydrogen) atoms. The number of halogens is 3. The van der Waals surface area contributed by atoms with Gasteiger partial charge in [-0.25, -0.2) is 4.79 Å².